The molecule has 0 aliphatic heterocycles. The maximum absolute atomic E-state index is 10.6. The van der Waals surface area contributed by atoms with Crippen molar-refractivity contribution >= 4 is 39.0 Å². The third-order valence-electron chi connectivity index (χ3n) is 1.27. The molecule has 0 aliphatic carbocycles. The van der Waals surface area contributed by atoms with Crippen LogP contribution in [0.2, 0.25) is 15.1 Å². The maximum atomic E-state index is 10.6. The summed E-state index contributed by atoms with van der Waals surface area (Å²) in [6, 6.07) is 3.26. The van der Waals surface area contributed by atoms with Gasteiger partial charge in [0.25, 0.3) is 0 Å². The van der Waals surface area contributed by atoms with Crippen molar-refractivity contribution in [2.24, 2.45) is 0 Å². The molecule has 5 heteroatoms. The second-order valence-corrected chi connectivity index (χ2v) is 5.35. The Hall–Kier alpha value is 0.513. The molecule has 0 saturated carbocycles. The summed E-state index contributed by atoms with van der Waals surface area (Å²) in [5, 5.41) is 1.04. The zero-order chi connectivity index (χ0) is 8.43. The Morgan fingerprint density at radius 1 is 1.09 bits per heavy atom. The Morgan fingerprint density at radius 2 is 1.73 bits per heavy atom. The van der Waals surface area contributed by atoms with Gasteiger partial charge < -0.3 is 0 Å². The predicted octanol–water partition coefficient (Wildman–Crippen LogP) is 2.70. The van der Waals surface area contributed by atoms with Crippen molar-refractivity contribution < 1.29 is 20.7 Å². The van der Waals surface area contributed by atoms with E-state index in [1.807, 2.05) is 0 Å². The SMILES string of the molecule is [O]=[Zn][c]1ccc(Cl)c(Cl)c1Cl. The molecule has 0 unspecified atom stereocenters. The number of rotatable bonds is 1. The fourth-order valence-corrected chi connectivity index (χ4v) is 2.84. The molecule has 0 radical (unpaired) electrons. The second-order valence-electron chi connectivity index (χ2n) is 1.98. The van der Waals surface area contributed by atoms with Crippen LogP contribution < -0.4 is 4.16 Å². The fourth-order valence-electron chi connectivity index (χ4n) is 0.677. The Balaban J connectivity index is 3.36. The third kappa shape index (κ3) is 2.00. The van der Waals surface area contributed by atoms with E-state index in [4.69, 9.17) is 34.8 Å². The van der Waals surface area contributed by atoms with Gasteiger partial charge in [0.2, 0.25) is 0 Å². The predicted molar refractivity (Wildman–Crippen MR) is 41.8 cm³/mol. The van der Waals surface area contributed by atoms with Gasteiger partial charge in [0, 0.05) is 0 Å². The monoisotopic (exact) mass is 259 g/mol. The molecular formula is C6H2Cl3OZn. The van der Waals surface area contributed by atoms with Gasteiger partial charge in [-0.15, -0.1) is 0 Å². The first-order chi connectivity index (χ1) is 5.16. The summed E-state index contributed by atoms with van der Waals surface area (Å²) in [7, 11) is 0. The van der Waals surface area contributed by atoms with E-state index in [1.54, 1.807) is 12.1 Å². The van der Waals surface area contributed by atoms with Crippen LogP contribution in [0.15, 0.2) is 12.1 Å². The molecule has 0 N–H and O–H groups in total. The van der Waals surface area contributed by atoms with Crippen molar-refractivity contribution in [2.75, 3.05) is 0 Å². The molecule has 0 saturated heterocycles. The van der Waals surface area contributed by atoms with Crippen LogP contribution in [0.4, 0.5) is 0 Å². The Morgan fingerprint density at radius 3 is 2.27 bits per heavy atom. The van der Waals surface area contributed by atoms with Crippen molar-refractivity contribution in [2.45, 2.75) is 0 Å². The van der Waals surface area contributed by atoms with Crippen molar-refractivity contribution in [3.05, 3.63) is 27.2 Å². The van der Waals surface area contributed by atoms with E-state index >= 15 is 0 Å². The fraction of sp³-hybridized carbons (Fsp3) is 0. The summed E-state index contributed by atoms with van der Waals surface area (Å²) < 4.78 is 11.3. The molecule has 0 heterocycles. The van der Waals surface area contributed by atoms with Crippen LogP contribution in [0.5, 0.6) is 0 Å². The zero-order valence-corrected chi connectivity index (χ0v) is 10.6. The van der Waals surface area contributed by atoms with Crippen LogP contribution in [-0.4, -0.2) is 0 Å². The van der Waals surface area contributed by atoms with Crippen LogP contribution in [-0.2, 0) is 20.7 Å². The van der Waals surface area contributed by atoms with Gasteiger partial charge in [0.15, 0.2) is 0 Å². The summed E-state index contributed by atoms with van der Waals surface area (Å²) in [4.78, 5) is 0. The quantitative estimate of drug-likeness (QED) is 0.561. The topological polar surface area (TPSA) is 17.1 Å². The number of hydrogen-bond acceptors (Lipinski definition) is 1. The van der Waals surface area contributed by atoms with Crippen LogP contribution in [0.1, 0.15) is 0 Å². The van der Waals surface area contributed by atoms with Gasteiger partial charge in [-0.3, -0.25) is 0 Å². The minimum atomic E-state index is -1.89. The summed E-state index contributed by atoms with van der Waals surface area (Å²) in [6.45, 7) is 0. The molecule has 1 aromatic rings. The van der Waals surface area contributed by atoms with Crippen molar-refractivity contribution in [1.82, 2.24) is 0 Å². The number of halogens is 3. The van der Waals surface area contributed by atoms with Crippen molar-refractivity contribution in [3.8, 4) is 0 Å². The molecule has 11 heavy (non-hydrogen) atoms. The first-order valence-electron chi connectivity index (χ1n) is 2.87. The Labute approximate surface area is 86.5 Å². The molecule has 0 bridgehead atoms. The molecular weight excluding hydrogens is 260 g/mol. The number of hydrogen-bond donors (Lipinski definition) is 0. The normalized spacial score (nSPS) is 9.36. The van der Waals surface area contributed by atoms with Gasteiger partial charge in [0.05, 0.1) is 0 Å². The minimum absolute atomic E-state index is 0.298. The summed E-state index contributed by atoms with van der Waals surface area (Å²) >= 11 is 15.2. The van der Waals surface area contributed by atoms with Crippen LogP contribution in [0, 0.1) is 0 Å². The molecule has 0 amide bonds. The first-order valence-corrected chi connectivity index (χ1v) is 6.70. The average molecular weight is 262 g/mol. The number of benzene rings is 1. The van der Waals surface area contributed by atoms with Crippen molar-refractivity contribution in [3.63, 3.8) is 0 Å². The molecule has 1 nitrogen and oxygen atoms in total. The van der Waals surface area contributed by atoms with Crippen LogP contribution in [0.3, 0.4) is 0 Å². The second kappa shape index (κ2) is 3.95. The van der Waals surface area contributed by atoms with E-state index < -0.39 is 17.1 Å². The molecule has 0 spiro atoms. The Bertz CT molecular complexity index is 300. The van der Waals surface area contributed by atoms with Gasteiger partial charge in [-0.25, -0.2) is 0 Å². The molecule has 0 fully saturated rings. The van der Waals surface area contributed by atoms with Gasteiger partial charge >= 0.3 is 86.8 Å². The van der Waals surface area contributed by atoms with E-state index in [2.05, 4.69) is 0 Å². The van der Waals surface area contributed by atoms with E-state index in [0.29, 0.717) is 19.2 Å². The molecule has 0 aromatic heterocycles. The van der Waals surface area contributed by atoms with E-state index in [1.165, 1.54) is 0 Å². The van der Waals surface area contributed by atoms with Gasteiger partial charge in [-0.05, 0) is 0 Å². The Kier molecular flexibility index (Phi) is 3.45. The average Bonchev–Trinajstić information content (AvgIpc) is 2.01. The molecule has 0 atom stereocenters. The summed E-state index contributed by atoms with van der Waals surface area (Å²) in [5.41, 5.74) is 0. The van der Waals surface area contributed by atoms with Crippen molar-refractivity contribution in [1.29, 1.82) is 0 Å². The van der Waals surface area contributed by atoms with Crippen LogP contribution >= 0.6 is 34.8 Å². The zero-order valence-electron chi connectivity index (χ0n) is 5.40. The molecule has 1 aromatic carbocycles. The third-order valence-corrected chi connectivity index (χ3v) is 4.96. The van der Waals surface area contributed by atoms with Gasteiger partial charge in [0.1, 0.15) is 0 Å². The summed E-state index contributed by atoms with van der Waals surface area (Å²) in [5.74, 6) is 0. The van der Waals surface area contributed by atoms with Gasteiger partial charge in [-0.2, -0.15) is 0 Å². The van der Waals surface area contributed by atoms with E-state index in [-0.39, 0.29) is 0 Å². The standard InChI is InChI=1S/C6H2Cl3.O.Zn/c7-4-2-1-3-5(8)6(4)9;;/h1-2H;;. The molecule has 55 valence electrons. The first kappa shape index (κ1) is 9.60. The van der Waals surface area contributed by atoms with E-state index in [9.17, 15) is 3.57 Å². The van der Waals surface area contributed by atoms with Gasteiger partial charge in [-0.1, -0.05) is 0 Å². The molecule has 0 aliphatic rings. The summed E-state index contributed by atoms with van der Waals surface area (Å²) in [6.07, 6.45) is 0. The van der Waals surface area contributed by atoms with Crippen LogP contribution in [0.25, 0.3) is 0 Å². The molecule has 1 rings (SSSR count). The van der Waals surface area contributed by atoms with E-state index in [0.717, 1.165) is 0 Å².